The summed E-state index contributed by atoms with van der Waals surface area (Å²) < 4.78 is 13.1. The quantitative estimate of drug-likeness (QED) is 0.870. The van der Waals surface area contributed by atoms with Crippen molar-refractivity contribution in [3.63, 3.8) is 0 Å². The van der Waals surface area contributed by atoms with Crippen LogP contribution in [0.1, 0.15) is 62.6 Å². The molecule has 0 spiro atoms. The number of hydrogen-bond acceptors (Lipinski definition) is 5. The Balaban J connectivity index is 1.73. The molecule has 4 rings (SSSR count). The van der Waals surface area contributed by atoms with Gasteiger partial charge in [0.25, 0.3) is 5.89 Å². The summed E-state index contributed by atoms with van der Waals surface area (Å²) in [5.41, 5.74) is 2.29. The van der Waals surface area contributed by atoms with Gasteiger partial charge in [-0.05, 0) is 25.7 Å². The van der Waals surface area contributed by atoms with Gasteiger partial charge >= 0.3 is 0 Å². The van der Waals surface area contributed by atoms with E-state index in [2.05, 4.69) is 14.8 Å². The first kappa shape index (κ1) is 13.9. The van der Waals surface area contributed by atoms with E-state index in [0.29, 0.717) is 17.9 Å². The zero-order valence-corrected chi connectivity index (χ0v) is 12.8. The third kappa shape index (κ3) is 2.56. The van der Waals surface area contributed by atoms with E-state index in [4.69, 9.17) is 14.4 Å². The molecule has 6 nitrogen and oxygen atoms in total. The first-order chi connectivity index (χ1) is 10.9. The van der Waals surface area contributed by atoms with Gasteiger partial charge in [-0.15, -0.1) is 0 Å². The van der Waals surface area contributed by atoms with E-state index in [1.165, 1.54) is 44.1 Å². The molecule has 0 atom stereocenters. The number of hydrogen-bond donors (Lipinski definition) is 0. The van der Waals surface area contributed by atoms with Crippen molar-refractivity contribution < 1.29 is 9.26 Å². The molecular weight excluding hydrogens is 280 g/mol. The molecule has 1 aliphatic heterocycles. The van der Waals surface area contributed by atoms with Crippen molar-refractivity contribution in [3.8, 4) is 11.5 Å². The predicted molar refractivity (Wildman–Crippen MR) is 80.4 cm³/mol. The fourth-order valence-corrected chi connectivity index (χ4v) is 3.82. The molecular formula is C16H22N4O2. The Labute approximate surface area is 129 Å². The smallest absolute Gasteiger partial charge is 0.261 e. The van der Waals surface area contributed by atoms with E-state index in [1.807, 2.05) is 6.20 Å². The van der Waals surface area contributed by atoms with Crippen molar-refractivity contribution in [3.05, 3.63) is 18.2 Å². The monoisotopic (exact) mass is 302 g/mol. The average molecular weight is 302 g/mol. The maximum Gasteiger partial charge on any atom is 0.261 e. The van der Waals surface area contributed by atoms with E-state index < -0.39 is 0 Å². The highest BCUT2D eigenvalue weighted by molar-refractivity contribution is 5.56. The number of ether oxygens (including phenoxy) is 1. The Morgan fingerprint density at radius 3 is 2.59 bits per heavy atom. The summed E-state index contributed by atoms with van der Waals surface area (Å²) in [4.78, 5) is 4.24. The lowest BCUT2D eigenvalue weighted by molar-refractivity contribution is 0.0828. The summed E-state index contributed by atoms with van der Waals surface area (Å²) in [6.07, 6.45) is 11.8. The van der Waals surface area contributed by atoms with E-state index in [0.717, 1.165) is 31.6 Å². The highest BCUT2D eigenvalue weighted by Gasteiger charge is 2.29. The zero-order chi connectivity index (χ0) is 14.8. The van der Waals surface area contributed by atoms with Gasteiger partial charge in [-0.2, -0.15) is 10.1 Å². The molecule has 0 amide bonds. The molecule has 2 fully saturated rings. The molecule has 6 heteroatoms. The third-order valence-corrected chi connectivity index (χ3v) is 4.95. The predicted octanol–water partition coefficient (Wildman–Crippen LogP) is 3.33. The molecule has 0 N–H and O–H groups in total. The molecule has 22 heavy (non-hydrogen) atoms. The van der Waals surface area contributed by atoms with Crippen LogP contribution in [0.5, 0.6) is 0 Å². The second kappa shape index (κ2) is 6.20. The van der Waals surface area contributed by atoms with Crippen LogP contribution < -0.4 is 0 Å². The molecule has 0 radical (unpaired) electrons. The van der Waals surface area contributed by atoms with Gasteiger partial charge in [-0.25, -0.2) is 0 Å². The van der Waals surface area contributed by atoms with Crippen LogP contribution in [-0.2, 0) is 4.74 Å². The van der Waals surface area contributed by atoms with Crippen LogP contribution in [0.2, 0.25) is 0 Å². The minimum Gasteiger partial charge on any atom is -0.381 e. The van der Waals surface area contributed by atoms with Crippen LogP contribution >= 0.6 is 0 Å². The second-order valence-corrected chi connectivity index (χ2v) is 6.31. The molecule has 3 heterocycles. The molecule has 1 aliphatic carbocycles. The van der Waals surface area contributed by atoms with Gasteiger partial charge in [0.15, 0.2) is 6.33 Å². The van der Waals surface area contributed by atoms with E-state index in [9.17, 15) is 0 Å². The van der Waals surface area contributed by atoms with Gasteiger partial charge in [-0.1, -0.05) is 24.4 Å². The van der Waals surface area contributed by atoms with Crippen LogP contribution in [0.25, 0.3) is 11.5 Å². The molecule has 1 saturated heterocycles. The largest absolute Gasteiger partial charge is 0.381 e. The zero-order valence-electron chi connectivity index (χ0n) is 12.8. The summed E-state index contributed by atoms with van der Waals surface area (Å²) in [5, 5.41) is 8.48. The average Bonchev–Trinajstić information content (AvgIpc) is 3.25. The molecule has 2 aliphatic rings. The first-order valence-electron chi connectivity index (χ1n) is 8.35. The van der Waals surface area contributed by atoms with Crippen molar-refractivity contribution in [2.75, 3.05) is 13.2 Å². The van der Waals surface area contributed by atoms with Crippen LogP contribution in [-0.4, -0.2) is 33.1 Å². The van der Waals surface area contributed by atoms with Crippen LogP contribution in [0, 0.1) is 0 Å². The SMILES string of the molecule is c1noc(-c2cnn(C3CCCCC3)c2C2CCOCC2)n1. The van der Waals surface area contributed by atoms with Crippen molar-refractivity contribution >= 4 is 0 Å². The molecule has 2 aromatic heterocycles. The Kier molecular flexibility index (Phi) is 3.93. The van der Waals surface area contributed by atoms with Crippen molar-refractivity contribution in [1.82, 2.24) is 19.9 Å². The minimum atomic E-state index is 0.472. The summed E-state index contributed by atoms with van der Waals surface area (Å²) >= 11 is 0. The lowest BCUT2D eigenvalue weighted by Crippen LogP contribution is -2.22. The van der Waals surface area contributed by atoms with Gasteiger partial charge < -0.3 is 9.26 Å². The van der Waals surface area contributed by atoms with Crippen molar-refractivity contribution in [2.45, 2.75) is 56.9 Å². The maximum atomic E-state index is 5.53. The summed E-state index contributed by atoms with van der Waals surface area (Å²) in [7, 11) is 0. The summed E-state index contributed by atoms with van der Waals surface area (Å²) in [5.74, 6) is 1.06. The van der Waals surface area contributed by atoms with Gasteiger partial charge in [0.2, 0.25) is 0 Å². The fraction of sp³-hybridized carbons (Fsp3) is 0.688. The highest BCUT2D eigenvalue weighted by Crippen LogP contribution is 2.38. The van der Waals surface area contributed by atoms with E-state index in [-0.39, 0.29) is 0 Å². The Morgan fingerprint density at radius 2 is 1.86 bits per heavy atom. The number of rotatable bonds is 3. The molecule has 0 aromatic carbocycles. The first-order valence-corrected chi connectivity index (χ1v) is 8.35. The van der Waals surface area contributed by atoms with Crippen LogP contribution in [0.3, 0.4) is 0 Å². The topological polar surface area (TPSA) is 66.0 Å². The van der Waals surface area contributed by atoms with Gasteiger partial charge in [0.1, 0.15) is 0 Å². The molecule has 1 saturated carbocycles. The molecule has 118 valence electrons. The van der Waals surface area contributed by atoms with Gasteiger partial charge in [0.05, 0.1) is 23.5 Å². The standard InChI is InChI=1S/C16H22N4O2/c1-2-4-13(5-3-1)20-15(12-6-8-21-9-7-12)14(10-18-20)16-17-11-19-22-16/h10-13H,1-9H2. The lowest BCUT2D eigenvalue weighted by Gasteiger charge is -2.29. The Bertz CT molecular complexity index is 596. The Morgan fingerprint density at radius 1 is 1.05 bits per heavy atom. The van der Waals surface area contributed by atoms with Crippen LogP contribution in [0.4, 0.5) is 0 Å². The molecule has 2 aromatic rings. The van der Waals surface area contributed by atoms with Crippen molar-refractivity contribution in [1.29, 1.82) is 0 Å². The number of aromatic nitrogens is 4. The third-order valence-electron chi connectivity index (χ3n) is 4.95. The van der Waals surface area contributed by atoms with Crippen LogP contribution in [0.15, 0.2) is 17.0 Å². The van der Waals surface area contributed by atoms with Gasteiger partial charge in [0, 0.05) is 19.1 Å². The fourth-order valence-electron chi connectivity index (χ4n) is 3.82. The van der Waals surface area contributed by atoms with E-state index >= 15 is 0 Å². The maximum absolute atomic E-state index is 5.53. The second-order valence-electron chi connectivity index (χ2n) is 6.31. The normalized spacial score (nSPS) is 21.3. The lowest BCUT2D eigenvalue weighted by atomic mass is 9.91. The van der Waals surface area contributed by atoms with Crippen molar-refractivity contribution in [2.24, 2.45) is 0 Å². The summed E-state index contributed by atoms with van der Waals surface area (Å²) in [6, 6.07) is 0.517. The van der Waals surface area contributed by atoms with Gasteiger partial charge in [-0.3, -0.25) is 4.68 Å². The minimum absolute atomic E-state index is 0.472. The summed E-state index contributed by atoms with van der Waals surface area (Å²) in [6.45, 7) is 1.65. The molecule has 0 unspecified atom stereocenters. The Hall–Kier alpha value is -1.69. The highest BCUT2D eigenvalue weighted by atomic mass is 16.5. The number of nitrogens with zero attached hydrogens (tertiary/aromatic N) is 4. The molecule has 0 bridgehead atoms. The van der Waals surface area contributed by atoms with E-state index in [1.54, 1.807) is 0 Å².